The molecule has 0 saturated carbocycles. The molecular weight excluding hydrogens is 335 g/mol. The first-order valence-corrected chi connectivity index (χ1v) is 6.21. The van der Waals surface area contributed by atoms with Crippen LogP contribution in [0, 0.1) is 0 Å². The van der Waals surface area contributed by atoms with Crippen molar-refractivity contribution in [2.75, 3.05) is 0 Å². The third kappa shape index (κ3) is 5.15. The molecule has 3 N–H and O–H groups in total. The molecule has 0 aliphatic heterocycles. The van der Waals surface area contributed by atoms with Crippen molar-refractivity contribution in [3.63, 3.8) is 0 Å². The number of halogens is 4. The molecule has 0 unspecified atom stereocenters. The molecule has 0 bridgehead atoms. The van der Waals surface area contributed by atoms with Gasteiger partial charge in [-0.05, 0) is 35.4 Å². The Hall–Kier alpha value is -2.25. The third-order valence-corrected chi connectivity index (χ3v) is 2.99. The van der Waals surface area contributed by atoms with Crippen molar-refractivity contribution in [2.45, 2.75) is 12.4 Å². The molecule has 2 aromatic rings. The zero-order chi connectivity index (χ0) is 16.3. The second-order valence-electron chi connectivity index (χ2n) is 4.52. The summed E-state index contributed by atoms with van der Waals surface area (Å²) in [5.41, 5.74) is 7.37. The van der Waals surface area contributed by atoms with Crippen LogP contribution < -0.4 is 10.5 Å². The number of rotatable bonds is 4. The van der Waals surface area contributed by atoms with E-state index in [-0.39, 0.29) is 23.7 Å². The molecule has 0 radical (unpaired) electrons. The van der Waals surface area contributed by atoms with Crippen molar-refractivity contribution in [3.8, 4) is 5.75 Å². The fraction of sp³-hybridized carbons (Fsp3) is 0.133. The number of nitrogens with two attached hydrogens (primary N) is 1. The van der Waals surface area contributed by atoms with E-state index in [2.05, 4.69) is 4.74 Å². The van der Waals surface area contributed by atoms with Crippen LogP contribution in [0.2, 0.25) is 0 Å². The minimum Gasteiger partial charge on any atom is -0.478 e. The van der Waals surface area contributed by atoms with Gasteiger partial charge in [-0.3, -0.25) is 0 Å². The Morgan fingerprint density at radius 1 is 1.00 bits per heavy atom. The highest BCUT2D eigenvalue weighted by molar-refractivity contribution is 5.87. The number of aromatic carboxylic acids is 1. The number of carboxylic acids is 1. The van der Waals surface area contributed by atoms with Gasteiger partial charge in [0.1, 0.15) is 5.75 Å². The number of benzene rings is 2. The number of carboxylic acid groups (broad SMARTS) is 1. The highest BCUT2D eigenvalue weighted by Crippen LogP contribution is 2.26. The van der Waals surface area contributed by atoms with E-state index in [4.69, 9.17) is 10.8 Å². The summed E-state index contributed by atoms with van der Waals surface area (Å²) in [6, 6.07) is 10.6. The van der Waals surface area contributed by atoms with Gasteiger partial charge in [0.15, 0.2) is 0 Å². The molecule has 2 rings (SSSR count). The van der Waals surface area contributed by atoms with Gasteiger partial charge in [-0.25, -0.2) is 4.79 Å². The van der Waals surface area contributed by atoms with E-state index in [1.807, 2.05) is 0 Å². The molecule has 0 saturated heterocycles. The zero-order valence-electron chi connectivity index (χ0n) is 11.6. The molecule has 124 valence electrons. The summed E-state index contributed by atoms with van der Waals surface area (Å²) in [7, 11) is 0. The predicted molar refractivity (Wildman–Crippen MR) is 79.8 cm³/mol. The van der Waals surface area contributed by atoms with Crippen LogP contribution in [0.1, 0.15) is 27.5 Å². The van der Waals surface area contributed by atoms with E-state index in [9.17, 15) is 18.0 Å². The van der Waals surface area contributed by atoms with E-state index in [1.165, 1.54) is 36.4 Å². The minimum absolute atomic E-state index is 0. The van der Waals surface area contributed by atoms with Crippen LogP contribution >= 0.6 is 12.4 Å². The van der Waals surface area contributed by atoms with Crippen molar-refractivity contribution in [2.24, 2.45) is 5.73 Å². The summed E-state index contributed by atoms with van der Waals surface area (Å²) in [6.45, 7) is 0. The Bertz CT molecular complexity index is 657. The van der Waals surface area contributed by atoms with Crippen molar-refractivity contribution < 1.29 is 27.8 Å². The van der Waals surface area contributed by atoms with Crippen LogP contribution in [0.3, 0.4) is 0 Å². The van der Waals surface area contributed by atoms with Crippen molar-refractivity contribution in [3.05, 3.63) is 65.2 Å². The topological polar surface area (TPSA) is 72.5 Å². The first-order chi connectivity index (χ1) is 10.3. The minimum atomic E-state index is -4.74. The highest BCUT2D eigenvalue weighted by Gasteiger charge is 2.31. The predicted octanol–water partition coefficient (Wildman–Crippen LogP) is 3.75. The monoisotopic (exact) mass is 347 g/mol. The average Bonchev–Trinajstić information content (AvgIpc) is 2.46. The summed E-state index contributed by atoms with van der Waals surface area (Å²) in [4.78, 5) is 10.8. The Kier molecular flexibility index (Phi) is 6.00. The van der Waals surface area contributed by atoms with Gasteiger partial charge < -0.3 is 15.6 Å². The van der Waals surface area contributed by atoms with Crippen molar-refractivity contribution in [1.29, 1.82) is 0 Å². The van der Waals surface area contributed by atoms with Crippen LogP contribution in [0.4, 0.5) is 13.2 Å². The standard InChI is InChI=1S/C15H12F3NO3.ClH/c16-15(17,18)22-12-7-5-10(6-8-12)13(19)9-1-3-11(4-2-9)14(20)21;/h1-8,13H,19H2,(H,20,21);1H/t13-;/m0./s1. The second kappa shape index (κ2) is 7.34. The first kappa shape index (κ1) is 18.8. The van der Waals surface area contributed by atoms with E-state index >= 15 is 0 Å². The Balaban J connectivity index is 0.00000264. The number of carbonyl (C=O) groups is 1. The molecule has 0 fully saturated rings. The Morgan fingerprint density at radius 3 is 1.83 bits per heavy atom. The average molecular weight is 348 g/mol. The molecule has 2 aromatic carbocycles. The molecule has 8 heteroatoms. The van der Waals surface area contributed by atoms with Gasteiger partial charge in [-0.1, -0.05) is 24.3 Å². The lowest BCUT2D eigenvalue weighted by Crippen LogP contribution is -2.17. The number of hydrogen-bond acceptors (Lipinski definition) is 3. The lowest BCUT2D eigenvalue weighted by Gasteiger charge is -2.14. The molecule has 0 heterocycles. The van der Waals surface area contributed by atoms with Gasteiger partial charge in [0, 0.05) is 0 Å². The van der Waals surface area contributed by atoms with Gasteiger partial charge >= 0.3 is 12.3 Å². The molecule has 23 heavy (non-hydrogen) atoms. The molecule has 4 nitrogen and oxygen atoms in total. The Morgan fingerprint density at radius 2 is 1.43 bits per heavy atom. The summed E-state index contributed by atoms with van der Waals surface area (Å²) < 4.78 is 40.0. The molecule has 0 aliphatic carbocycles. The van der Waals surface area contributed by atoms with Gasteiger partial charge in [0.2, 0.25) is 0 Å². The largest absolute Gasteiger partial charge is 0.573 e. The van der Waals surface area contributed by atoms with Crippen LogP contribution in [-0.2, 0) is 0 Å². The van der Waals surface area contributed by atoms with E-state index in [0.29, 0.717) is 11.1 Å². The van der Waals surface area contributed by atoms with E-state index in [1.54, 1.807) is 12.1 Å². The quantitative estimate of drug-likeness (QED) is 0.883. The summed E-state index contributed by atoms with van der Waals surface area (Å²) in [6.07, 6.45) is -4.74. The lowest BCUT2D eigenvalue weighted by molar-refractivity contribution is -0.274. The number of alkyl halides is 3. The smallest absolute Gasteiger partial charge is 0.478 e. The summed E-state index contributed by atoms with van der Waals surface area (Å²) >= 11 is 0. The molecule has 0 amide bonds. The third-order valence-electron chi connectivity index (χ3n) is 2.99. The SMILES string of the molecule is Cl.N[C@H](c1ccc(OC(F)(F)F)cc1)c1ccc(C(=O)O)cc1. The second-order valence-corrected chi connectivity index (χ2v) is 4.52. The maximum absolute atomic E-state index is 12.1. The molecular formula is C15H13ClF3NO3. The van der Waals surface area contributed by atoms with Crippen LogP contribution in [0.25, 0.3) is 0 Å². The molecule has 1 atom stereocenters. The van der Waals surface area contributed by atoms with Gasteiger partial charge in [0.25, 0.3) is 0 Å². The lowest BCUT2D eigenvalue weighted by atomic mass is 9.98. The zero-order valence-corrected chi connectivity index (χ0v) is 12.4. The summed E-state index contributed by atoms with van der Waals surface area (Å²) in [5.74, 6) is -1.38. The molecule has 0 spiro atoms. The normalized spacial score (nSPS) is 12.2. The molecule has 0 aromatic heterocycles. The number of ether oxygens (including phenoxy) is 1. The van der Waals surface area contributed by atoms with Crippen molar-refractivity contribution in [1.82, 2.24) is 0 Å². The highest BCUT2D eigenvalue weighted by atomic mass is 35.5. The molecule has 0 aliphatic rings. The van der Waals surface area contributed by atoms with Crippen LogP contribution in [-0.4, -0.2) is 17.4 Å². The van der Waals surface area contributed by atoms with Crippen LogP contribution in [0.5, 0.6) is 5.75 Å². The maximum atomic E-state index is 12.1. The van der Waals surface area contributed by atoms with Crippen LogP contribution in [0.15, 0.2) is 48.5 Å². The van der Waals surface area contributed by atoms with E-state index < -0.39 is 18.4 Å². The maximum Gasteiger partial charge on any atom is 0.573 e. The first-order valence-electron chi connectivity index (χ1n) is 6.21. The number of hydrogen-bond donors (Lipinski definition) is 2. The van der Waals surface area contributed by atoms with E-state index in [0.717, 1.165) is 0 Å². The van der Waals surface area contributed by atoms with Crippen molar-refractivity contribution >= 4 is 18.4 Å². The van der Waals surface area contributed by atoms with Gasteiger partial charge in [0.05, 0.1) is 11.6 Å². The Labute approximate surface area is 136 Å². The summed E-state index contributed by atoms with van der Waals surface area (Å²) in [5, 5.41) is 8.82. The van der Waals surface area contributed by atoms with Gasteiger partial charge in [-0.15, -0.1) is 25.6 Å². The van der Waals surface area contributed by atoms with Gasteiger partial charge in [-0.2, -0.15) is 0 Å². The fourth-order valence-electron chi connectivity index (χ4n) is 1.90. The fourth-order valence-corrected chi connectivity index (χ4v) is 1.90.